The summed E-state index contributed by atoms with van der Waals surface area (Å²) in [5.41, 5.74) is -0.329. The van der Waals surface area contributed by atoms with Crippen molar-refractivity contribution >= 4 is 15.7 Å². The number of phenols is 1. The maximum Gasteiger partial charge on any atom is 0.225 e. The van der Waals surface area contributed by atoms with Gasteiger partial charge in [0.2, 0.25) is 5.91 Å². The van der Waals surface area contributed by atoms with E-state index in [1.165, 1.54) is 24.3 Å². The number of amides is 1. The molecule has 1 aromatic carbocycles. The van der Waals surface area contributed by atoms with Crippen molar-refractivity contribution in [2.45, 2.75) is 38.5 Å². The molecule has 0 spiro atoms. The van der Waals surface area contributed by atoms with Gasteiger partial charge in [0.25, 0.3) is 0 Å². The molecule has 23 heavy (non-hydrogen) atoms. The largest absolute Gasteiger partial charge is 0.508 e. The lowest BCUT2D eigenvalue weighted by Crippen LogP contribution is -2.45. The van der Waals surface area contributed by atoms with E-state index in [1.807, 2.05) is 25.7 Å². The number of aromatic hydroxyl groups is 1. The van der Waals surface area contributed by atoms with Crippen molar-refractivity contribution in [2.24, 2.45) is 11.3 Å². The van der Waals surface area contributed by atoms with Crippen LogP contribution in [0.3, 0.4) is 0 Å². The first-order chi connectivity index (χ1) is 10.6. The number of sulfone groups is 1. The standard InChI is InChI=1S/C17H25NO4S/c1-13(2)16(20)18-10-8-17(3,9-11-18)12-23(21,22)15-6-4-14(19)5-7-15/h4-7,13,19H,8-12H2,1-3H3. The molecule has 1 amide bonds. The van der Waals surface area contributed by atoms with E-state index in [0.29, 0.717) is 25.9 Å². The summed E-state index contributed by atoms with van der Waals surface area (Å²) in [6.07, 6.45) is 1.37. The smallest absolute Gasteiger partial charge is 0.225 e. The quantitative estimate of drug-likeness (QED) is 0.914. The molecule has 1 aliphatic heterocycles. The van der Waals surface area contributed by atoms with Gasteiger partial charge in [-0.1, -0.05) is 20.8 Å². The van der Waals surface area contributed by atoms with Crippen LogP contribution in [0, 0.1) is 11.3 Å². The molecule has 0 bridgehead atoms. The molecular formula is C17H25NO4S. The van der Waals surface area contributed by atoms with Crippen molar-refractivity contribution in [1.29, 1.82) is 0 Å². The lowest BCUT2D eigenvalue weighted by atomic mass is 9.82. The monoisotopic (exact) mass is 339 g/mol. The Morgan fingerprint density at radius 1 is 1.22 bits per heavy atom. The van der Waals surface area contributed by atoms with Gasteiger partial charge in [0.05, 0.1) is 10.6 Å². The highest BCUT2D eigenvalue weighted by atomic mass is 32.2. The zero-order chi connectivity index (χ0) is 17.3. The Morgan fingerprint density at radius 2 is 1.74 bits per heavy atom. The van der Waals surface area contributed by atoms with Gasteiger partial charge in [-0.2, -0.15) is 0 Å². The van der Waals surface area contributed by atoms with Crippen molar-refractivity contribution in [2.75, 3.05) is 18.8 Å². The van der Waals surface area contributed by atoms with E-state index in [0.717, 1.165) is 0 Å². The van der Waals surface area contributed by atoms with Crippen LogP contribution in [-0.2, 0) is 14.6 Å². The fraction of sp³-hybridized carbons (Fsp3) is 0.588. The van der Waals surface area contributed by atoms with Gasteiger partial charge < -0.3 is 10.0 Å². The average molecular weight is 339 g/mol. The molecule has 0 saturated carbocycles. The summed E-state index contributed by atoms with van der Waals surface area (Å²) in [6.45, 7) is 6.95. The van der Waals surface area contributed by atoms with Gasteiger partial charge in [0.15, 0.2) is 9.84 Å². The van der Waals surface area contributed by atoms with Crippen molar-refractivity contribution in [3.8, 4) is 5.75 Å². The van der Waals surface area contributed by atoms with Gasteiger partial charge in [0.1, 0.15) is 5.75 Å². The van der Waals surface area contributed by atoms with Crippen LogP contribution in [-0.4, -0.2) is 43.2 Å². The highest BCUT2D eigenvalue weighted by Gasteiger charge is 2.36. The van der Waals surface area contributed by atoms with Gasteiger partial charge in [-0.3, -0.25) is 4.79 Å². The number of rotatable bonds is 4. The number of benzene rings is 1. The summed E-state index contributed by atoms with van der Waals surface area (Å²) in [4.78, 5) is 14.1. The first kappa shape index (κ1) is 17.8. The first-order valence-electron chi connectivity index (χ1n) is 7.94. The zero-order valence-corrected chi connectivity index (χ0v) is 14.8. The number of piperidine rings is 1. The summed E-state index contributed by atoms with van der Waals surface area (Å²) in [5, 5.41) is 9.29. The molecule has 1 saturated heterocycles. The van der Waals surface area contributed by atoms with Crippen LogP contribution in [0.25, 0.3) is 0 Å². The summed E-state index contributed by atoms with van der Waals surface area (Å²) in [7, 11) is -3.40. The number of carbonyl (C=O) groups is 1. The minimum Gasteiger partial charge on any atom is -0.508 e. The van der Waals surface area contributed by atoms with Crippen molar-refractivity contribution in [1.82, 2.24) is 4.90 Å². The van der Waals surface area contributed by atoms with Gasteiger partial charge in [-0.05, 0) is 42.5 Å². The lowest BCUT2D eigenvalue weighted by Gasteiger charge is -2.39. The van der Waals surface area contributed by atoms with Gasteiger partial charge >= 0.3 is 0 Å². The summed E-state index contributed by atoms with van der Waals surface area (Å²) >= 11 is 0. The van der Waals surface area contributed by atoms with Gasteiger partial charge in [-0.15, -0.1) is 0 Å². The minimum atomic E-state index is -3.40. The molecule has 0 radical (unpaired) electrons. The maximum absolute atomic E-state index is 12.6. The highest BCUT2D eigenvalue weighted by molar-refractivity contribution is 7.91. The number of hydrogen-bond donors (Lipinski definition) is 1. The van der Waals surface area contributed by atoms with Crippen LogP contribution in [0.5, 0.6) is 5.75 Å². The molecule has 6 heteroatoms. The van der Waals surface area contributed by atoms with Crippen molar-refractivity contribution in [3.63, 3.8) is 0 Å². The molecule has 5 nitrogen and oxygen atoms in total. The van der Waals surface area contributed by atoms with E-state index < -0.39 is 9.84 Å². The summed E-state index contributed by atoms with van der Waals surface area (Å²) in [5.74, 6) is 0.221. The maximum atomic E-state index is 12.6. The molecule has 0 aliphatic carbocycles. The van der Waals surface area contributed by atoms with Crippen LogP contribution >= 0.6 is 0 Å². The molecule has 0 aromatic heterocycles. The Morgan fingerprint density at radius 3 is 2.22 bits per heavy atom. The molecule has 0 unspecified atom stereocenters. The zero-order valence-electron chi connectivity index (χ0n) is 13.9. The normalized spacial score (nSPS) is 18.2. The van der Waals surface area contributed by atoms with E-state index >= 15 is 0 Å². The van der Waals surface area contributed by atoms with E-state index in [9.17, 15) is 18.3 Å². The third kappa shape index (κ3) is 4.25. The molecule has 1 aromatic rings. The molecule has 1 N–H and O–H groups in total. The second-order valence-corrected chi connectivity index (χ2v) is 9.03. The summed E-state index contributed by atoms with van der Waals surface area (Å²) in [6, 6.07) is 5.65. The number of phenolic OH excluding ortho intramolecular Hbond substituents is 1. The van der Waals surface area contributed by atoms with Crippen LogP contribution in [0.1, 0.15) is 33.6 Å². The fourth-order valence-electron chi connectivity index (χ4n) is 2.97. The predicted octanol–water partition coefficient (Wildman–Crippen LogP) is 2.45. The third-order valence-corrected chi connectivity index (χ3v) is 6.58. The van der Waals surface area contributed by atoms with Gasteiger partial charge in [0, 0.05) is 19.0 Å². The highest BCUT2D eigenvalue weighted by Crippen LogP contribution is 2.34. The number of hydrogen-bond acceptors (Lipinski definition) is 4. The Bertz CT molecular complexity index is 656. The Hall–Kier alpha value is -1.56. The second kappa shape index (κ2) is 6.51. The molecule has 1 fully saturated rings. The fourth-order valence-corrected chi connectivity index (χ4v) is 4.90. The third-order valence-electron chi connectivity index (χ3n) is 4.51. The molecular weight excluding hydrogens is 314 g/mol. The van der Waals surface area contributed by atoms with Crippen molar-refractivity contribution in [3.05, 3.63) is 24.3 Å². The van der Waals surface area contributed by atoms with Crippen LogP contribution in [0.15, 0.2) is 29.2 Å². The Labute approximate surface area is 138 Å². The molecule has 2 rings (SSSR count). The van der Waals surface area contributed by atoms with Gasteiger partial charge in [-0.25, -0.2) is 8.42 Å². The molecule has 0 atom stereocenters. The van der Waals surface area contributed by atoms with E-state index in [-0.39, 0.29) is 33.6 Å². The summed E-state index contributed by atoms with van der Waals surface area (Å²) < 4.78 is 25.2. The second-order valence-electron chi connectivity index (χ2n) is 7.04. The van der Waals surface area contributed by atoms with Crippen LogP contribution < -0.4 is 0 Å². The SMILES string of the molecule is CC(C)C(=O)N1CCC(C)(CS(=O)(=O)c2ccc(O)cc2)CC1. The lowest BCUT2D eigenvalue weighted by molar-refractivity contribution is -0.136. The van der Waals surface area contributed by atoms with E-state index in [2.05, 4.69) is 0 Å². The Balaban J connectivity index is 2.05. The molecule has 128 valence electrons. The molecule has 1 heterocycles. The van der Waals surface area contributed by atoms with E-state index in [1.54, 1.807) is 0 Å². The first-order valence-corrected chi connectivity index (χ1v) is 9.59. The van der Waals surface area contributed by atoms with Crippen LogP contribution in [0.4, 0.5) is 0 Å². The Kier molecular flexibility index (Phi) is 5.04. The number of likely N-dealkylation sites (tertiary alicyclic amines) is 1. The minimum absolute atomic E-state index is 0.0277. The number of nitrogens with zero attached hydrogens (tertiary/aromatic N) is 1. The predicted molar refractivity (Wildman–Crippen MR) is 88.9 cm³/mol. The van der Waals surface area contributed by atoms with Crippen LogP contribution in [0.2, 0.25) is 0 Å². The van der Waals surface area contributed by atoms with E-state index in [4.69, 9.17) is 0 Å². The average Bonchev–Trinajstić information content (AvgIpc) is 2.46. The number of carbonyl (C=O) groups excluding carboxylic acids is 1. The molecule has 1 aliphatic rings. The van der Waals surface area contributed by atoms with Crippen molar-refractivity contribution < 1.29 is 18.3 Å². The topological polar surface area (TPSA) is 74.7 Å².